The minimum absolute atomic E-state index is 0.470. The zero-order valence-corrected chi connectivity index (χ0v) is 16.7. The fourth-order valence-corrected chi connectivity index (χ4v) is 3.45. The predicted molar refractivity (Wildman–Crippen MR) is 107 cm³/mol. The first-order valence-corrected chi connectivity index (χ1v) is 9.75. The molecule has 0 atom stereocenters. The number of ether oxygens (including phenoxy) is 1. The molecule has 2 heterocycles. The summed E-state index contributed by atoms with van der Waals surface area (Å²) in [5.41, 5.74) is 1.79. The summed E-state index contributed by atoms with van der Waals surface area (Å²) in [7, 11) is 3.55. The summed E-state index contributed by atoms with van der Waals surface area (Å²) in [5, 5.41) is 18.2. The van der Waals surface area contributed by atoms with E-state index in [1.54, 1.807) is 7.11 Å². The molecule has 0 aliphatic rings. The third-order valence-electron chi connectivity index (χ3n) is 4.07. The predicted octanol–water partition coefficient (Wildman–Crippen LogP) is 4.49. The maximum absolute atomic E-state index is 5.95. The molecule has 28 heavy (non-hydrogen) atoms. The molecule has 9 heteroatoms. The van der Waals surface area contributed by atoms with Crippen molar-refractivity contribution in [2.75, 3.05) is 7.11 Å². The van der Waals surface area contributed by atoms with E-state index in [2.05, 4.69) is 20.4 Å². The van der Waals surface area contributed by atoms with Gasteiger partial charge in [0, 0.05) is 23.2 Å². The largest absolute Gasteiger partial charge is 0.497 e. The molecule has 4 aromatic rings. The van der Waals surface area contributed by atoms with Crippen LogP contribution in [0.3, 0.4) is 0 Å². The van der Waals surface area contributed by atoms with Gasteiger partial charge in [0.2, 0.25) is 11.8 Å². The van der Waals surface area contributed by atoms with Crippen LogP contribution < -0.4 is 4.74 Å². The molecule has 0 spiro atoms. The molecule has 0 aliphatic carbocycles. The lowest BCUT2D eigenvalue weighted by atomic mass is 10.2. The standard InChI is InChI=1S/C19H16ClN5O2S/c1-25-17(12-3-7-14(20)8-4-12)22-24-19(25)28-11-16-21-23-18(27-16)13-5-9-15(26-2)10-6-13/h3-10H,11H2,1-2H3. The number of thioether (sulfide) groups is 1. The highest BCUT2D eigenvalue weighted by molar-refractivity contribution is 7.98. The summed E-state index contributed by atoms with van der Waals surface area (Å²) in [5.74, 6) is 3.03. The lowest BCUT2D eigenvalue weighted by Gasteiger charge is -2.03. The Labute approximate surface area is 170 Å². The number of hydrogen-bond acceptors (Lipinski definition) is 7. The molecule has 0 saturated heterocycles. The Morgan fingerprint density at radius 1 is 0.964 bits per heavy atom. The number of rotatable bonds is 6. The highest BCUT2D eigenvalue weighted by atomic mass is 35.5. The third-order valence-corrected chi connectivity index (χ3v) is 5.32. The van der Waals surface area contributed by atoms with Gasteiger partial charge < -0.3 is 13.7 Å². The van der Waals surface area contributed by atoms with Crippen LogP contribution in [0.15, 0.2) is 58.1 Å². The highest BCUT2D eigenvalue weighted by Gasteiger charge is 2.14. The molecule has 0 saturated carbocycles. The van der Waals surface area contributed by atoms with E-state index in [0.717, 1.165) is 27.9 Å². The molecule has 2 aromatic heterocycles. The molecule has 0 bridgehead atoms. The Balaban J connectivity index is 1.45. The lowest BCUT2D eigenvalue weighted by Crippen LogP contribution is -1.95. The minimum atomic E-state index is 0.470. The van der Waals surface area contributed by atoms with Crippen molar-refractivity contribution in [3.05, 3.63) is 59.4 Å². The van der Waals surface area contributed by atoms with Crippen molar-refractivity contribution in [3.63, 3.8) is 0 Å². The first-order valence-electron chi connectivity index (χ1n) is 8.39. The number of aromatic nitrogens is 5. The van der Waals surface area contributed by atoms with Crippen molar-refractivity contribution in [3.8, 4) is 28.6 Å². The smallest absolute Gasteiger partial charge is 0.247 e. The molecule has 0 aliphatic heterocycles. The Kier molecular flexibility index (Phi) is 5.31. The van der Waals surface area contributed by atoms with Gasteiger partial charge in [-0.3, -0.25) is 0 Å². The van der Waals surface area contributed by atoms with Crippen molar-refractivity contribution < 1.29 is 9.15 Å². The van der Waals surface area contributed by atoms with Crippen LogP contribution in [0.5, 0.6) is 5.75 Å². The van der Waals surface area contributed by atoms with Crippen molar-refractivity contribution in [2.45, 2.75) is 10.9 Å². The number of methoxy groups -OCH3 is 1. The first-order chi connectivity index (χ1) is 13.6. The van der Waals surface area contributed by atoms with Crippen LogP contribution in [-0.2, 0) is 12.8 Å². The van der Waals surface area contributed by atoms with Crippen LogP contribution in [0.1, 0.15) is 5.89 Å². The zero-order valence-electron chi connectivity index (χ0n) is 15.2. The highest BCUT2D eigenvalue weighted by Crippen LogP contribution is 2.27. The van der Waals surface area contributed by atoms with Gasteiger partial charge in [-0.1, -0.05) is 23.4 Å². The molecule has 0 unspecified atom stereocenters. The SMILES string of the molecule is COc1ccc(-c2nnc(CSc3nnc(-c4ccc(Cl)cc4)n3C)o2)cc1. The normalized spacial score (nSPS) is 11.0. The van der Waals surface area contributed by atoms with E-state index in [4.69, 9.17) is 20.8 Å². The van der Waals surface area contributed by atoms with Crippen molar-refractivity contribution in [1.82, 2.24) is 25.0 Å². The van der Waals surface area contributed by atoms with Gasteiger partial charge in [-0.05, 0) is 48.5 Å². The molecular weight excluding hydrogens is 398 g/mol. The quantitative estimate of drug-likeness (QED) is 0.431. The van der Waals surface area contributed by atoms with Gasteiger partial charge in [0.15, 0.2) is 11.0 Å². The molecule has 142 valence electrons. The molecule has 0 fully saturated rings. The van der Waals surface area contributed by atoms with E-state index in [-0.39, 0.29) is 0 Å². The van der Waals surface area contributed by atoms with E-state index >= 15 is 0 Å². The fraction of sp³-hybridized carbons (Fsp3) is 0.158. The molecule has 0 radical (unpaired) electrons. The zero-order chi connectivity index (χ0) is 19.5. The van der Waals surface area contributed by atoms with Gasteiger partial charge >= 0.3 is 0 Å². The van der Waals surface area contributed by atoms with Gasteiger partial charge in [-0.2, -0.15) is 0 Å². The van der Waals surface area contributed by atoms with E-state index in [1.165, 1.54) is 11.8 Å². The summed E-state index contributed by atoms with van der Waals surface area (Å²) in [6.45, 7) is 0. The second-order valence-electron chi connectivity index (χ2n) is 5.89. The fourth-order valence-electron chi connectivity index (χ4n) is 2.58. The van der Waals surface area contributed by atoms with Crippen LogP contribution >= 0.6 is 23.4 Å². The van der Waals surface area contributed by atoms with E-state index in [1.807, 2.05) is 60.1 Å². The molecule has 0 amide bonds. The first kappa shape index (κ1) is 18.5. The molecular formula is C19H16ClN5O2S. The lowest BCUT2D eigenvalue weighted by molar-refractivity contribution is 0.415. The van der Waals surface area contributed by atoms with Crippen molar-refractivity contribution in [2.24, 2.45) is 7.05 Å². The van der Waals surface area contributed by atoms with Gasteiger partial charge in [0.05, 0.1) is 12.9 Å². The molecule has 2 aromatic carbocycles. The molecule has 4 rings (SSSR count). The molecule has 7 nitrogen and oxygen atoms in total. The summed E-state index contributed by atoms with van der Waals surface area (Å²) < 4.78 is 12.8. The minimum Gasteiger partial charge on any atom is -0.497 e. The van der Waals surface area contributed by atoms with Gasteiger partial charge in [-0.15, -0.1) is 20.4 Å². The third kappa shape index (κ3) is 3.88. The van der Waals surface area contributed by atoms with Crippen molar-refractivity contribution >= 4 is 23.4 Å². The number of benzene rings is 2. The number of halogens is 1. The van der Waals surface area contributed by atoms with Crippen LogP contribution in [0.4, 0.5) is 0 Å². The topological polar surface area (TPSA) is 78.9 Å². The van der Waals surface area contributed by atoms with Gasteiger partial charge in [-0.25, -0.2) is 0 Å². The van der Waals surface area contributed by atoms with Crippen LogP contribution in [0.2, 0.25) is 5.02 Å². The van der Waals surface area contributed by atoms with Gasteiger partial charge in [0.25, 0.3) is 0 Å². The maximum Gasteiger partial charge on any atom is 0.247 e. The Bertz CT molecular complexity index is 1080. The van der Waals surface area contributed by atoms with Crippen LogP contribution in [-0.4, -0.2) is 32.1 Å². The monoisotopic (exact) mass is 413 g/mol. The second-order valence-corrected chi connectivity index (χ2v) is 7.27. The van der Waals surface area contributed by atoms with Crippen molar-refractivity contribution in [1.29, 1.82) is 0 Å². The average Bonchev–Trinajstić information content (AvgIpc) is 3.34. The summed E-state index contributed by atoms with van der Waals surface area (Å²) in [4.78, 5) is 0. The second kappa shape index (κ2) is 8.04. The van der Waals surface area contributed by atoms with E-state index in [0.29, 0.717) is 22.6 Å². The van der Waals surface area contributed by atoms with Gasteiger partial charge in [0.1, 0.15) is 5.75 Å². The summed E-state index contributed by atoms with van der Waals surface area (Å²) in [6.07, 6.45) is 0. The van der Waals surface area contributed by atoms with E-state index < -0.39 is 0 Å². The van der Waals surface area contributed by atoms with Crippen LogP contribution in [0, 0.1) is 0 Å². The Hall–Kier alpha value is -2.84. The van der Waals surface area contributed by atoms with Crippen LogP contribution in [0.25, 0.3) is 22.8 Å². The average molecular weight is 414 g/mol. The molecule has 0 N–H and O–H groups in total. The van der Waals surface area contributed by atoms with E-state index in [9.17, 15) is 0 Å². The number of nitrogens with zero attached hydrogens (tertiary/aromatic N) is 5. The Morgan fingerprint density at radius 3 is 2.39 bits per heavy atom. The Morgan fingerprint density at radius 2 is 1.68 bits per heavy atom. The summed E-state index contributed by atoms with van der Waals surface area (Å²) >= 11 is 7.43. The number of hydrogen-bond donors (Lipinski definition) is 0. The maximum atomic E-state index is 5.95. The summed E-state index contributed by atoms with van der Waals surface area (Å²) in [6, 6.07) is 15.0.